The summed E-state index contributed by atoms with van der Waals surface area (Å²) < 4.78 is 13.4. The molecule has 0 radical (unpaired) electrons. The van der Waals surface area contributed by atoms with Crippen molar-refractivity contribution in [2.75, 3.05) is 11.4 Å². The van der Waals surface area contributed by atoms with Crippen molar-refractivity contribution in [1.29, 1.82) is 0 Å². The van der Waals surface area contributed by atoms with E-state index in [1.54, 1.807) is 0 Å². The van der Waals surface area contributed by atoms with E-state index in [1.165, 1.54) is 11.0 Å². The Balaban J connectivity index is 2.29. The molecule has 1 fully saturated rings. The van der Waals surface area contributed by atoms with Crippen LogP contribution in [0, 0.1) is 15.3 Å². The van der Waals surface area contributed by atoms with Gasteiger partial charge in [-0.1, -0.05) is 0 Å². The van der Waals surface area contributed by atoms with E-state index < -0.39 is 17.7 Å². The lowest BCUT2D eigenvalue weighted by Gasteiger charge is -2.16. The Labute approximate surface area is 110 Å². The maximum absolute atomic E-state index is 12.9. The first kappa shape index (κ1) is 12.2. The Hall–Kier alpha value is -1.25. The molecule has 7 heteroatoms. The predicted molar refractivity (Wildman–Crippen MR) is 65.0 cm³/mol. The number of rotatable bonds is 2. The summed E-state index contributed by atoms with van der Waals surface area (Å²) in [5.41, 5.74) is 0. The SMILES string of the molecule is O=C(O)C1CC(=O)N(c2ncc(F)cc2I)C1. The second-order valence-corrected chi connectivity index (χ2v) is 4.86. The van der Waals surface area contributed by atoms with Crippen molar-refractivity contribution in [1.82, 2.24) is 4.98 Å². The highest BCUT2D eigenvalue weighted by molar-refractivity contribution is 14.1. The number of anilines is 1. The number of pyridine rings is 1. The third-order valence-corrected chi connectivity index (χ3v) is 3.31. The molecule has 1 aromatic rings. The molecule has 2 rings (SSSR count). The smallest absolute Gasteiger partial charge is 0.308 e. The monoisotopic (exact) mass is 350 g/mol. The second-order valence-electron chi connectivity index (χ2n) is 3.70. The van der Waals surface area contributed by atoms with Gasteiger partial charge in [0.1, 0.15) is 11.6 Å². The minimum Gasteiger partial charge on any atom is -0.481 e. The molecule has 1 unspecified atom stereocenters. The van der Waals surface area contributed by atoms with Crippen LogP contribution in [-0.4, -0.2) is 28.5 Å². The van der Waals surface area contributed by atoms with Crippen molar-refractivity contribution in [3.05, 3.63) is 21.7 Å². The molecule has 0 aliphatic carbocycles. The largest absolute Gasteiger partial charge is 0.481 e. The summed E-state index contributed by atoms with van der Waals surface area (Å²) >= 11 is 1.87. The van der Waals surface area contributed by atoms with E-state index in [1.807, 2.05) is 22.6 Å². The molecule has 0 saturated carbocycles. The summed E-state index contributed by atoms with van der Waals surface area (Å²) in [5.74, 6) is -2.18. The highest BCUT2D eigenvalue weighted by Crippen LogP contribution is 2.27. The Morgan fingerprint density at radius 2 is 2.35 bits per heavy atom. The molecule has 17 heavy (non-hydrogen) atoms. The third-order valence-electron chi connectivity index (χ3n) is 2.52. The molecule has 0 bridgehead atoms. The summed E-state index contributed by atoms with van der Waals surface area (Å²) in [7, 11) is 0. The number of halogens is 2. The Morgan fingerprint density at radius 3 is 2.88 bits per heavy atom. The number of carbonyl (C=O) groups excluding carboxylic acids is 1. The molecule has 0 spiro atoms. The first-order valence-corrected chi connectivity index (χ1v) is 5.91. The highest BCUT2D eigenvalue weighted by Gasteiger charge is 2.36. The Kier molecular flexibility index (Phi) is 3.27. The van der Waals surface area contributed by atoms with Gasteiger partial charge in [0.25, 0.3) is 0 Å². The number of carboxylic acids is 1. The summed E-state index contributed by atoms with van der Waals surface area (Å²) in [6.45, 7) is 0.0861. The summed E-state index contributed by atoms with van der Waals surface area (Å²) in [6.07, 6.45) is 0.976. The molecule has 1 saturated heterocycles. The van der Waals surface area contributed by atoms with Crippen LogP contribution in [0.15, 0.2) is 12.3 Å². The van der Waals surface area contributed by atoms with Crippen LogP contribution in [0.4, 0.5) is 10.2 Å². The molecule has 1 amide bonds. The van der Waals surface area contributed by atoms with Gasteiger partial charge in [-0.25, -0.2) is 9.37 Å². The lowest BCUT2D eigenvalue weighted by atomic mass is 10.1. The van der Waals surface area contributed by atoms with E-state index in [2.05, 4.69) is 4.98 Å². The zero-order valence-electron chi connectivity index (χ0n) is 8.56. The number of aliphatic carboxylic acids is 1. The van der Waals surface area contributed by atoms with Crippen LogP contribution in [0.3, 0.4) is 0 Å². The number of aromatic nitrogens is 1. The van der Waals surface area contributed by atoms with E-state index >= 15 is 0 Å². The number of hydrogen-bond acceptors (Lipinski definition) is 3. The number of carbonyl (C=O) groups is 2. The van der Waals surface area contributed by atoms with Crippen molar-refractivity contribution in [3.63, 3.8) is 0 Å². The van der Waals surface area contributed by atoms with Crippen molar-refractivity contribution in [2.45, 2.75) is 6.42 Å². The average Bonchev–Trinajstić information content (AvgIpc) is 2.61. The van der Waals surface area contributed by atoms with Gasteiger partial charge in [-0.05, 0) is 28.7 Å². The first-order valence-electron chi connectivity index (χ1n) is 4.83. The van der Waals surface area contributed by atoms with Gasteiger partial charge in [-0.3, -0.25) is 14.5 Å². The molecule has 1 atom stereocenters. The van der Waals surface area contributed by atoms with Gasteiger partial charge in [0.05, 0.1) is 15.7 Å². The lowest BCUT2D eigenvalue weighted by molar-refractivity contribution is -0.141. The highest BCUT2D eigenvalue weighted by atomic mass is 127. The molecule has 0 aromatic carbocycles. The van der Waals surface area contributed by atoms with Gasteiger partial charge in [0.2, 0.25) is 5.91 Å². The number of hydrogen-bond donors (Lipinski definition) is 1. The predicted octanol–water partition coefficient (Wildman–Crippen LogP) is 1.26. The maximum Gasteiger partial charge on any atom is 0.308 e. The van der Waals surface area contributed by atoms with Crippen molar-refractivity contribution in [2.24, 2.45) is 5.92 Å². The van der Waals surface area contributed by atoms with Gasteiger partial charge in [-0.2, -0.15) is 0 Å². The van der Waals surface area contributed by atoms with Crippen LogP contribution in [0.5, 0.6) is 0 Å². The molecule has 1 aliphatic heterocycles. The molecular formula is C10H8FIN2O3. The van der Waals surface area contributed by atoms with Gasteiger partial charge >= 0.3 is 5.97 Å². The van der Waals surface area contributed by atoms with Crippen LogP contribution >= 0.6 is 22.6 Å². The van der Waals surface area contributed by atoms with E-state index in [0.717, 1.165) is 6.20 Å². The van der Waals surface area contributed by atoms with Crippen molar-refractivity contribution < 1.29 is 19.1 Å². The van der Waals surface area contributed by atoms with Crippen LogP contribution in [-0.2, 0) is 9.59 Å². The fourth-order valence-corrected chi connectivity index (χ4v) is 2.41. The average molecular weight is 350 g/mol. The topological polar surface area (TPSA) is 70.5 Å². The molecule has 1 aromatic heterocycles. The van der Waals surface area contributed by atoms with Gasteiger partial charge in [0.15, 0.2) is 0 Å². The minimum atomic E-state index is -1.00. The molecule has 2 heterocycles. The molecule has 1 aliphatic rings. The van der Waals surface area contributed by atoms with E-state index in [9.17, 15) is 14.0 Å². The van der Waals surface area contributed by atoms with Gasteiger partial charge in [0, 0.05) is 13.0 Å². The molecule has 90 valence electrons. The van der Waals surface area contributed by atoms with Crippen LogP contribution in [0.2, 0.25) is 0 Å². The number of amides is 1. The zero-order valence-corrected chi connectivity index (χ0v) is 10.7. The van der Waals surface area contributed by atoms with Crippen LogP contribution in [0.25, 0.3) is 0 Å². The standard InChI is InChI=1S/C10H8FIN2O3/c11-6-2-7(12)9(13-3-6)14-4-5(10(16)17)1-8(14)15/h2-3,5H,1,4H2,(H,16,17). The first-order chi connectivity index (χ1) is 7.99. The van der Waals surface area contributed by atoms with Crippen molar-refractivity contribution in [3.8, 4) is 0 Å². The third kappa shape index (κ3) is 2.38. The summed E-state index contributed by atoms with van der Waals surface area (Å²) in [5, 5.41) is 8.85. The van der Waals surface area contributed by atoms with E-state index in [-0.39, 0.29) is 18.9 Å². The minimum absolute atomic E-state index is 0.0372. The van der Waals surface area contributed by atoms with Crippen LogP contribution in [0.1, 0.15) is 6.42 Å². The Morgan fingerprint density at radius 1 is 1.65 bits per heavy atom. The van der Waals surface area contributed by atoms with Gasteiger partial charge < -0.3 is 5.11 Å². The van der Waals surface area contributed by atoms with E-state index in [0.29, 0.717) is 9.39 Å². The second kappa shape index (κ2) is 4.55. The maximum atomic E-state index is 12.9. The fourth-order valence-electron chi connectivity index (χ4n) is 1.68. The quantitative estimate of drug-likeness (QED) is 0.816. The summed E-state index contributed by atoms with van der Waals surface area (Å²) in [4.78, 5) is 27.6. The molecule has 5 nitrogen and oxygen atoms in total. The van der Waals surface area contributed by atoms with E-state index in [4.69, 9.17) is 5.11 Å². The van der Waals surface area contributed by atoms with Crippen molar-refractivity contribution >= 4 is 40.3 Å². The van der Waals surface area contributed by atoms with Crippen LogP contribution < -0.4 is 4.90 Å². The lowest BCUT2D eigenvalue weighted by Crippen LogP contribution is -2.27. The van der Waals surface area contributed by atoms with Gasteiger partial charge in [-0.15, -0.1) is 0 Å². The number of carboxylic acid groups (broad SMARTS) is 1. The number of nitrogens with zero attached hydrogens (tertiary/aromatic N) is 2. The molecular weight excluding hydrogens is 342 g/mol. The summed E-state index contributed by atoms with van der Waals surface area (Å²) in [6, 6.07) is 1.25. The molecule has 1 N–H and O–H groups in total. The Bertz CT molecular complexity index is 494. The normalized spacial score (nSPS) is 19.8. The fraction of sp³-hybridized carbons (Fsp3) is 0.300. The zero-order chi connectivity index (χ0) is 12.6.